The van der Waals surface area contributed by atoms with Gasteiger partial charge in [-0.05, 0) is 49.4 Å². The van der Waals surface area contributed by atoms with E-state index in [4.69, 9.17) is 6.57 Å². The quantitative estimate of drug-likeness (QED) is 0.436. The summed E-state index contributed by atoms with van der Waals surface area (Å²) in [4.78, 5) is 3.56. The zero-order chi connectivity index (χ0) is 16.7. The summed E-state index contributed by atoms with van der Waals surface area (Å²) in [5.74, 6) is 0. The van der Waals surface area contributed by atoms with Crippen LogP contribution in [0.25, 0.3) is 26.9 Å². The molecule has 0 atom stereocenters. The van der Waals surface area contributed by atoms with Gasteiger partial charge in [-0.1, -0.05) is 23.8 Å². The largest absolute Gasteiger partial charge is 0.238 e. The van der Waals surface area contributed by atoms with Crippen LogP contribution in [0.4, 0.5) is 5.69 Å². The summed E-state index contributed by atoms with van der Waals surface area (Å²) in [6, 6.07) is 12.6. The molecule has 3 rings (SSSR count). The molecule has 3 aromatic rings. The monoisotopic (exact) mass is 301 g/mol. The lowest BCUT2D eigenvalue weighted by Gasteiger charge is -2.13. The van der Waals surface area contributed by atoms with Crippen LogP contribution in [0.3, 0.4) is 0 Å². The van der Waals surface area contributed by atoms with Gasteiger partial charge in [-0.3, -0.25) is 0 Å². The molecule has 1 heterocycles. The van der Waals surface area contributed by atoms with Crippen LogP contribution in [0.5, 0.6) is 0 Å². The van der Waals surface area contributed by atoms with Crippen LogP contribution in [-0.2, 0) is 7.05 Å². The van der Waals surface area contributed by atoms with Gasteiger partial charge >= 0.3 is 0 Å². The summed E-state index contributed by atoms with van der Waals surface area (Å²) in [7, 11) is 2.12. The third kappa shape index (κ3) is 2.49. The van der Waals surface area contributed by atoms with Crippen LogP contribution in [0, 0.1) is 34.3 Å². The van der Waals surface area contributed by atoms with E-state index in [-0.39, 0.29) is 0 Å². The summed E-state index contributed by atoms with van der Waals surface area (Å²) in [6.07, 6.45) is 0. The van der Waals surface area contributed by atoms with Gasteiger partial charge in [-0.15, -0.1) is 0 Å². The first-order chi connectivity index (χ1) is 10.9. The molecule has 0 amide bonds. The molecular weight excluding hydrogens is 280 g/mol. The molecule has 0 aliphatic heterocycles. The van der Waals surface area contributed by atoms with E-state index in [1.165, 1.54) is 39.0 Å². The molecular formula is C21H21N2+. The first-order valence-electron chi connectivity index (χ1n) is 7.81. The van der Waals surface area contributed by atoms with Crippen molar-refractivity contribution in [3.05, 3.63) is 70.2 Å². The Labute approximate surface area is 137 Å². The molecule has 2 heteroatoms. The topological polar surface area (TPSA) is 8.24 Å². The van der Waals surface area contributed by atoms with Crippen molar-refractivity contribution in [3.63, 3.8) is 0 Å². The molecule has 0 fully saturated rings. The van der Waals surface area contributed by atoms with E-state index in [1.807, 2.05) is 12.1 Å². The van der Waals surface area contributed by atoms with Crippen molar-refractivity contribution in [2.75, 3.05) is 0 Å². The molecule has 114 valence electrons. The van der Waals surface area contributed by atoms with Gasteiger partial charge in [0.05, 0.1) is 17.5 Å². The fraction of sp³-hybridized carbons (Fsp3) is 0.238. The van der Waals surface area contributed by atoms with E-state index in [9.17, 15) is 0 Å². The maximum Gasteiger partial charge on any atom is 0.220 e. The van der Waals surface area contributed by atoms with Crippen LogP contribution in [0.15, 0.2) is 36.4 Å². The number of benzene rings is 2. The Morgan fingerprint density at radius 1 is 0.957 bits per heavy atom. The fourth-order valence-electron chi connectivity index (χ4n) is 3.25. The summed E-state index contributed by atoms with van der Waals surface area (Å²) in [5, 5.41) is 2.32. The molecule has 0 saturated heterocycles. The van der Waals surface area contributed by atoms with Crippen molar-refractivity contribution in [3.8, 4) is 11.3 Å². The van der Waals surface area contributed by atoms with Crippen molar-refractivity contribution in [2.24, 2.45) is 7.05 Å². The van der Waals surface area contributed by atoms with Crippen molar-refractivity contribution in [1.29, 1.82) is 0 Å². The van der Waals surface area contributed by atoms with E-state index < -0.39 is 0 Å². The van der Waals surface area contributed by atoms with Gasteiger partial charge in [-0.2, -0.15) is 4.57 Å². The number of aryl methyl sites for hydroxylation is 3. The molecule has 2 aromatic carbocycles. The molecule has 0 N–H and O–H groups in total. The van der Waals surface area contributed by atoms with Crippen LogP contribution in [-0.4, -0.2) is 0 Å². The van der Waals surface area contributed by atoms with Crippen molar-refractivity contribution in [1.82, 2.24) is 0 Å². The Hall–Kier alpha value is -2.66. The molecule has 2 nitrogen and oxygen atoms in total. The van der Waals surface area contributed by atoms with Gasteiger partial charge < -0.3 is 0 Å². The molecule has 0 bridgehead atoms. The summed E-state index contributed by atoms with van der Waals surface area (Å²) in [5.41, 5.74) is 8.27. The van der Waals surface area contributed by atoms with Crippen LogP contribution in [0.2, 0.25) is 0 Å². The molecule has 0 radical (unpaired) electrons. The number of pyridine rings is 1. The number of nitrogens with zero attached hydrogens (tertiary/aromatic N) is 2. The van der Waals surface area contributed by atoms with E-state index in [0.29, 0.717) is 5.69 Å². The van der Waals surface area contributed by atoms with E-state index in [2.05, 4.69) is 68.4 Å². The first-order valence-corrected chi connectivity index (χ1v) is 7.81. The van der Waals surface area contributed by atoms with Crippen molar-refractivity contribution >= 4 is 16.5 Å². The van der Waals surface area contributed by atoms with Crippen LogP contribution >= 0.6 is 0 Å². The predicted octanol–water partition coefficient (Wildman–Crippen LogP) is 5.12. The average Bonchev–Trinajstić information content (AvgIpc) is 2.52. The highest BCUT2D eigenvalue weighted by molar-refractivity contribution is 5.96. The van der Waals surface area contributed by atoms with Gasteiger partial charge in [0.25, 0.3) is 0 Å². The second-order valence-electron chi connectivity index (χ2n) is 6.33. The number of hydrogen-bond acceptors (Lipinski definition) is 0. The summed E-state index contributed by atoms with van der Waals surface area (Å²) >= 11 is 0. The second-order valence-corrected chi connectivity index (χ2v) is 6.33. The SMILES string of the molecule is [C-]#[N+]c1ccc2c(-c3cc(C)cc(C)c3C)[n+](C)c(C)cc2c1. The van der Waals surface area contributed by atoms with Gasteiger partial charge in [0.15, 0.2) is 11.4 Å². The lowest BCUT2D eigenvalue weighted by atomic mass is 9.94. The predicted molar refractivity (Wildman–Crippen MR) is 95.8 cm³/mol. The minimum absolute atomic E-state index is 0.689. The van der Waals surface area contributed by atoms with Gasteiger partial charge in [0, 0.05) is 13.0 Å². The zero-order valence-corrected chi connectivity index (χ0v) is 14.4. The molecule has 0 unspecified atom stereocenters. The number of rotatable bonds is 1. The van der Waals surface area contributed by atoms with Crippen molar-refractivity contribution in [2.45, 2.75) is 27.7 Å². The molecule has 23 heavy (non-hydrogen) atoms. The standard InChI is InChI=1S/C21H21N2/c1-13-9-14(2)16(4)20(10-13)21-19-8-7-18(22-5)12-17(19)11-15(3)23(21)6/h7-12H,1-4,6H3/q+1. The third-order valence-electron chi connectivity index (χ3n) is 4.72. The Morgan fingerprint density at radius 2 is 1.70 bits per heavy atom. The highest BCUT2D eigenvalue weighted by Crippen LogP contribution is 2.32. The molecule has 0 spiro atoms. The van der Waals surface area contributed by atoms with Gasteiger partial charge in [0.2, 0.25) is 5.69 Å². The summed E-state index contributed by atoms with van der Waals surface area (Å²) < 4.78 is 2.25. The lowest BCUT2D eigenvalue weighted by molar-refractivity contribution is -0.665. The molecule has 0 aliphatic rings. The molecule has 0 saturated carbocycles. The highest BCUT2D eigenvalue weighted by Gasteiger charge is 2.20. The molecule has 0 aliphatic carbocycles. The third-order valence-corrected chi connectivity index (χ3v) is 4.72. The minimum atomic E-state index is 0.689. The molecule has 1 aromatic heterocycles. The lowest BCUT2D eigenvalue weighted by Crippen LogP contribution is -2.35. The smallest absolute Gasteiger partial charge is 0.220 e. The highest BCUT2D eigenvalue weighted by atomic mass is 14.9. The normalized spacial score (nSPS) is 10.8. The Bertz CT molecular complexity index is 976. The van der Waals surface area contributed by atoms with Crippen LogP contribution < -0.4 is 4.57 Å². The maximum atomic E-state index is 7.24. The second kappa shape index (κ2) is 5.52. The average molecular weight is 301 g/mol. The number of hydrogen-bond donors (Lipinski definition) is 0. The minimum Gasteiger partial charge on any atom is -0.238 e. The first kappa shape index (κ1) is 15.2. The number of fused-ring (bicyclic) bond motifs is 1. The number of aromatic nitrogens is 1. The van der Waals surface area contributed by atoms with E-state index in [0.717, 1.165) is 5.39 Å². The zero-order valence-electron chi connectivity index (χ0n) is 14.4. The van der Waals surface area contributed by atoms with Crippen molar-refractivity contribution < 1.29 is 4.57 Å². The van der Waals surface area contributed by atoms with E-state index in [1.54, 1.807) is 0 Å². The van der Waals surface area contributed by atoms with E-state index >= 15 is 0 Å². The van der Waals surface area contributed by atoms with Gasteiger partial charge in [-0.25, -0.2) is 4.85 Å². The summed E-state index contributed by atoms with van der Waals surface area (Å²) in [6.45, 7) is 15.9. The Balaban J connectivity index is 2.46. The van der Waals surface area contributed by atoms with Crippen LogP contribution in [0.1, 0.15) is 22.4 Å². The Kier molecular flexibility index (Phi) is 3.66. The van der Waals surface area contributed by atoms with Gasteiger partial charge in [0.1, 0.15) is 7.05 Å². The maximum absolute atomic E-state index is 7.24. The Morgan fingerprint density at radius 3 is 2.39 bits per heavy atom. The fourth-order valence-corrected chi connectivity index (χ4v) is 3.25.